The van der Waals surface area contributed by atoms with Crippen LogP contribution in [0.25, 0.3) is 0 Å². The van der Waals surface area contributed by atoms with Crippen molar-refractivity contribution in [1.82, 2.24) is 0 Å². The molecule has 1 amide bonds. The lowest BCUT2D eigenvalue weighted by Gasteiger charge is -2.10. The topological polar surface area (TPSA) is 75.3 Å². The fourth-order valence-electron chi connectivity index (χ4n) is 1.66. The Kier molecular flexibility index (Phi) is 4.06. The molecule has 0 spiro atoms. The van der Waals surface area contributed by atoms with Crippen molar-refractivity contribution >= 4 is 40.5 Å². The Bertz CT molecular complexity index is 664. The van der Waals surface area contributed by atoms with Crippen molar-refractivity contribution in [2.24, 2.45) is 0 Å². The van der Waals surface area contributed by atoms with E-state index in [0.717, 1.165) is 5.56 Å². The second-order valence-corrected chi connectivity index (χ2v) is 5.14. The van der Waals surface area contributed by atoms with Gasteiger partial charge in [0.25, 0.3) is 5.91 Å². The van der Waals surface area contributed by atoms with Gasteiger partial charge in [-0.2, -0.15) is 0 Å². The molecule has 0 saturated carbocycles. The summed E-state index contributed by atoms with van der Waals surface area (Å²) in [6.45, 7) is 1.85. The maximum absolute atomic E-state index is 12.1. The number of anilines is 2. The van der Waals surface area contributed by atoms with E-state index in [0.29, 0.717) is 5.69 Å². The molecule has 0 aliphatic heterocycles. The second-order valence-electron chi connectivity index (χ2n) is 4.33. The molecule has 6 heteroatoms. The Hall–Kier alpha value is -1.91. The number of carbonyl (C=O) groups excluding carboxylic acids is 1. The number of carbonyl (C=O) groups is 1. The Labute approximate surface area is 126 Å². The van der Waals surface area contributed by atoms with Crippen molar-refractivity contribution in [3.63, 3.8) is 0 Å². The Morgan fingerprint density at radius 3 is 2.40 bits per heavy atom. The smallest absolute Gasteiger partial charge is 0.255 e. The third-order valence-corrected chi connectivity index (χ3v) is 3.37. The number of nitrogens with one attached hydrogen (secondary N) is 1. The predicted octanol–water partition coefficient (Wildman–Crippen LogP) is 3.84. The number of nitrogens with two attached hydrogens (primary N) is 1. The van der Waals surface area contributed by atoms with Gasteiger partial charge in [0, 0.05) is 5.56 Å². The molecule has 0 fully saturated rings. The zero-order chi connectivity index (χ0) is 14.9. The molecular formula is C14H12Cl2N2O2. The van der Waals surface area contributed by atoms with Crippen LogP contribution in [0.2, 0.25) is 10.0 Å². The van der Waals surface area contributed by atoms with Crippen LogP contribution in [-0.2, 0) is 0 Å². The number of hydrogen-bond acceptors (Lipinski definition) is 3. The van der Waals surface area contributed by atoms with Crippen molar-refractivity contribution in [2.45, 2.75) is 6.92 Å². The molecule has 20 heavy (non-hydrogen) atoms. The molecule has 0 aliphatic rings. The molecule has 104 valence electrons. The number of aromatic hydroxyl groups is 1. The number of phenols is 1. The second kappa shape index (κ2) is 5.61. The molecule has 2 rings (SSSR count). The van der Waals surface area contributed by atoms with Crippen LogP contribution in [0.3, 0.4) is 0 Å². The third-order valence-electron chi connectivity index (χ3n) is 2.74. The van der Waals surface area contributed by atoms with Gasteiger partial charge in [-0.05, 0) is 36.8 Å². The van der Waals surface area contributed by atoms with Gasteiger partial charge in [0.15, 0.2) is 0 Å². The maximum atomic E-state index is 12.1. The van der Waals surface area contributed by atoms with Gasteiger partial charge in [-0.25, -0.2) is 0 Å². The van der Waals surface area contributed by atoms with E-state index in [1.165, 1.54) is 18.2 Å². The molecule has 0 bridgehead atoms. The largest absolute Gasteiger partial charge is 0.506 e. The van der Waals surface area contributed by atoms with Crippen LogP contribution in [-0.4, -0.2) is 11.0 Å². The molecule has 0 atom stereocenters. The van der Waals surface area contributed by atoms with Gasteiger partial charge in [0.05, 0.1) is 21.4 Å². The lowest BCUT2D eigenvalue weighted by atomic mass is 10.1. The molecule has 0 heterocycles. The number of phenolic OH excluding ortho intramolecular Hbond substituents is 1. The van der Waals surface area contributed by atoms with Crippen LogP contribution in [0, 0.1) is 6.92 Å². The van der Waals surface area contributed by atoms with Crippen LogP contribution in [0.15, 0.2) is 30.3 Å². The lowest BCUT2D eigenvalue weighted by Crippen LogP contribution is -2.12. The standard InChI is InChI=1S/C14H12Cl2N2O2/c1-7-2-3-12(19)11(4-7)18-14(20)8-5-9(15)13(17)10(16)6-8/h2-6,19H,17H2,1H3,(H,18,20). The minimum atomic E-state index is -0.435. The number of nitrogen functional groups attached to an aromatic ring is 1. The minimum absolute atomic E-state index is 0.0170. The maximum Gasteiger partial charge on any atom is 0.255 e. The third kappa shape index (κ3) is 2.98. The van der Waals surface area contributed by atoms with E-state index in [1.54, 1.807) is 12.1 Å². The van der Waals surface area contributed by atoms with Gasteiger partial charge in [-0.1, -0.05) is 29.3 Å². The molecule has 0 aliphatic carbocycles. The van der Waals surface area contributed by atoms with Gasteiger partial charge in [-0.3, -0.25) is 4.79 Å². The molecular weight excluding hydrogens is 299 g/mol. The first-order valence-electron chi connectivity index (χ1n) is 5.74. The highest BCUT2D eigenvalue weighted by Gasteiger charge is 2.13. The van der Waals surface area contributed by atoms with E-state index in [4.69, 9.17) is 28.9 Å². The minimum Gasteiger partial charge on any atom is -0.506 e. The van der Waals surface area contributed by atoms with Crippen LogP contribution < -0.4 is 11.1 Å². The molecule has 0 radical (unpaired) electrons. The summed E-state index contributed by atoms with van der Waals surface area (Å²) >= 11 is 11.8. The summed E-state index contributed by atoms with van der Waals surface area (Å²) in [6.07, 6.45) is 0. The number of benzene rings is 2. The monoisotopic (exact) mass is 310 g/mol. The number of rotatable bonds is 2. The molecule has 2 aromatic rings. The van der Waals surface area contributed by atoms with E-state index >= 15 is 0 Å². The summed E-state index contributed by atoms with van der Waals surface area (Å²) in [4.78, 5) is 12.1. The highest BCUT2D eigenvalue weighted by Crippen LogP contribution is 2.30. The number of halogens is 2. The fourth-order valence-corrected chi connectivity index (χ4v) is 2.15. The summed E-state index contributed by atoms with van der Waals surface area (Å²) in [7, 11) is 0. The van der Waals surface area contributed by atoms with Crippen molar-refractivity contribution in [2.75, 3.05) is 11.1 Å². The Balaban J connectivity index is 2.31. The number of amides is 1. The summed E-state index contributed by atoms with van der Waals surface area (Å²) in [6, 6.07) is 7.75. The van der Waals surface area contributed by atoms with Gasteiger partial charge >= 0.3 is 0 Å². The zero-order valence-electron chi connectivity index (χ0n) is 10.6. The Morgan fingerprint density at radius 2 is 1.80 bits per heavy atom. The van der Waals surface area contributed by atoms with E-state index in [2.05, 4.69) is 5.32 Å². The van der Waals surface area contributed by atoms with E-state index in [1.807, 2.05) is 6.92 Å². The van der Waals surface area contributed by atoms with Gasteiger partial charge in [0.1, 0.15) is 5.75 Å². The SMILES string of the molecule is Cc1ccc(O)c(NC(=O)c2cc(Cl)c(N)c(Cl)c2)c1. The highest BCUT2D eigenvalue weighted by atomic mass is 35.5. The van der Waals surface area contributed by atoms with E-state index < -0.39 is 5.91 Å². The summed E-state index contributed by atoms with van der Waals surface area (Å²) < 4.78 is 0. The van der Waals surface area contributed by atoms with Gasteiger partial charge in [-0.15, -0.1) is 0 Å². The Morgan fingerprint density at radius 1 is 1.20 bits per heavy atom. The van der Waals surface area contributed by atoms with E-state index in [9.17, 15) is 9.90 Å². The summed E-state index contributed by atoms with van der Waals surface area (Å²) in [5.74, 6) is -0.453. The fraction of sp³-hybridized carbons (Fsp3) is 0.0714. The molecule has 0 unspecified atom stereocenters. The number of aryl methyl sites for hydroxylation is 1. The first kappa shape index (κ1) is 14.5. The first-order chi connectivity index (χ1) is 9.38. The number of hydrogen-bond donors (Lipinski definition) is 3. The van der Waals surface area contributed by atoms with Gasteiger partial charge < -0.3 is 16.2 Å². The van der Waals surface area contributed by atoms with Crippen molar-refractivity contribution in [1.29, 1.82) is 0 Å². The molecule has 0 saturated heterocycles. The normalized spacial score (nSPS) is 10.3. The van der Waals surface area contributed by atoms with Crippen LogP contribution >= 0.6 is 23.2 Å². The van der Waals surface area contributed by atoms with Gasteiger partial charge in [0.2, 0.25) is 0 Å². The van der Waals surface area contributed by atoms with Crippen LogP contribution in [0.4, 0.5) is 11.4 Å². The molecule has 4 N–H and O–H groups in total. The molecule has 0 aromatic heterocycles. The van der Waals surface area contributed by atoms with E-state index in [-0.39, 0.29) is 27.0 Å². The van der Waals surface area contributed by atoms with Crippen molar-refractivity contribution in [3.8, 4) is 5.75 Å². The summed E-state index contributed by atoms with van der Waals surface area (Å²) in [5, 5.41) is 12.7. The predicted molar refractivity (Wildman–Crippen MR) is 81.7 cm³/mol. The quantitative estimate of drug-likeness (QED) is 0.582. The average Bonchev–Trinajstić information content (AvgIpc) is 2.39. The lowest BCUT2D eigenvalue weighted by molar-refractivity contribution is 0.102. The molecule has 2 aromatic carbocycles. The van der Waals surface area contributed by atoms with Crippen molar-refractivity contribution in [3.05, 3.63) is 51.5 Å². The van der Waals surface area contributed by atoms with Crippen LogP contribution in [0.1, 0.15) is 15.9 Å². The van der Waals surface area contributed by atoms with Crippen LogP contribution in [0.5, 0.6) is 5.75 Å². The first-order valence-corrected chi connectivity index (χ1v) is 6.49. The summed E-state index contributed by atoms with van der Waals surface area (Å²) in [5.41, 5.74) is 7.32. The highest BCUT2D eigenvalue weighted by molar-refractivity contribution is 6.39. The molecule has 4 nitrogen and oxygen atoms in total. The van der Waals surface area contributed by atoms with Crippen molar-refractivity contribution < 1.29 is 9.90 Å². The zero-order valence-corrected chi connectivity index (χ0v) is 12.1. The average molecular weight is 311 g/mol.